The third kappa shape index (κ3) is 1.11. The van der Waals surface area contributed by atoms with E-state index in [1.807, 2.05) is 11.4 Å². The number of thiophene rings is 1. The highest BCUT2D eigenvalue weighted by atomic mass is 35.5. The first-order chi connectivity index (χ1) is 5.83. The molecule has 0 nitrogen and oxygen atoms in total. The molecule has 0 radical (unpaired) electrons. The van der Waals surface area contributed by atoms with E-state index in [0.29, 0.717) is 10.6 Å². The molecule has 0 atom stereocenters. The summed E-state index contributed by atoms with van der Waals surface area (Å²) in [7, 11) is 0. The van der Waals surface area contributed by atoms with Crippen LogP contribution in [0.4, 0.5) is 4.39 Å². The predicted octanol–water partition coefficient (Wildman–Crippen LogP) is 3.78. The summed E-state index contributed by atoms with van der Waals surface area (Å²) in [5.74, 6) is 0.280. The van der Waals surface area contributed by atoms with Crippen molar-refractivity contribution in [3.8, 4) is 0 Å². The summed E-state index contributed by atoms with van der Waals surface area (Å²) >= 11 is 7.11. The molecule has 3 heteroatoms. The molecule has 0 bridgehead atoms. The Hall–Kier alpha value is -0.600. The zero-order valence-electron chi connectivity index (χ0n) is 6.18. The molecule has 0 unspecified atom stereocenters. The van der Waals surface area contributed by atoms with Crippen molar-refractivity contribution in [2.75, 3.05) is 0 Å². The van der Waals surface area contributed by atoms with Crippen molar-refractivity contribution in [3.63, 3.8) is 0 Å². The molecule has 0 aliphatic heterocycles. The first-order valence-corrected chi connectivity index (χ1v) is 4.95. The molecule has 1 heterocycles. The maximum atomic E-state index is 13.1. The number of hydrogen-bond acceptors (Lipinski definition) is 1. The summed E-state index contributed by atoms with van der Waals surface area (Å²) in [4.78, 5) is 0. The van der Waals surface area contributed by atoms with Gasteiger partial charge >= 0.3 is 0 Å². The minimum Gasteiger partial charge on any atom is -0.205 e. The molecular weight excluding hydrogens is 195 g/mol. The Labute approximate surface area is 78.6 Å². The van der Waals surface area contributed by atoms with Gasteiger partial charge in [0.2, 0.25) is 0 Å². The number of rotatable bonds is 1. The summed E-state index contributed by atoms with van der Waals surface area (Å²) in [6, 6.07) is 5.11. The number of halogens is 2. The summed E-state index contributed by atoms with van der Waals surface area (Å²) in [5, 5.41) is 2.82. The van der Waals surface area contributed by atoms with Crippen molar-refractivity contribution >= 4 is 33.0 Å². The van der Waals surface area contributed by atoms with Crippen molar-refractivity contribution in [2.45, 2.75) is 5.88 Å². The van der Waals surface area contributed by atoms with E-state index in [0.717, 1.165) is 10.9 Å². The van der Waals surface area contributed by atoms with Gasteiger partial charge < -0.3 is 0 Å². The molecule has 0 aliphatic carbocycles. The Morgan fingerprint density at radius 1 is 1.33 bits per heavy atom. The van der Waals surface area contributed by atoms with Gasteiger partial charge in [0.05, 0.1) is 4.70 Å². The quantitative estimate of drug-likeness (QED) is 0.615. The third-order valence-corrected chi connectivity index (χ3v) is 3.01. The zero-order chi connectivity index (χ0) is 8.55. The van der Waals surface area contributed by atoms with Crippen LogP contribution in [0.3, 0.4) is 0 Å². The van der Waals surface area contributed by atoms with Gasteiger partial charge in [0.1, 0.15) is 5.82 Å². The maximum absolute atomic E-state index is 13.1. The topological polar surface area (TPSA) is 0 Å². The monoisotopic (exact) mass is 200 g/mol. The smallest absolute Gasteiger partial charge is 0.141 e. The van der Waals surface area contributed by atoms with E-state index in [1.165, 1.54) is 17.4 Å². The second kappa shape index (κ2) is 3.04. The molecule has 0 saturated heterocycles. The van der Waals surface area contributed by atoms with Crippen LogP contribution in [0.1, 0.15) is 5.56 Å². The molecule has 0 spiro atoms. The van der Waals surface area contributed by atoms with Gasteiger partial charge in [0, 0.05) is 5.88 Å². The van der Waals surface area contributed by atoms with Gasteiger partial charge in [-0.3, -0.25) is 0 Å². The van der Waals surface area contributed by atoms with Crippen LogP contribution in [0.25, 0.3) is 10.1 Å². The van der Waals surface area contributed by atoms with Gasteiger partial charge in [0.25, 0.3) is 0 Å². The molecule has 62 valence electrons. The lowest BCUT2D eigenvalue weighted by molar-refractivity contribution is 0.641. The van der Waals surface area contributed by atoms with E-state index in [9.17, 15) is 4.39 Å². The number of benzene rings is 1. The average molecular weight is 201 g/mol. The fourth-order valence-corrected chi connectivity index (χ4v) is 2.28. The normalized spacial score (nSPS) is 10.8. The highest BCUT2D eigenvalue weighted by Gasteiger charge is 2.05. The van der Waals surface area contributed by atoms with Crippen LogP contribution in [-0.4, -0.2) is 0 Å². The molecule has 1 aromatic carbocycles. The minimum absolute atomic E-state index is 0.158. The second-order valence-electron chi connectivity index (χ2n) is 2.50. The van der Waals surface area contributed by atoms with E-state index in [4.69, 9.17) is 11.6 Å². The molecule has 1 aromatic heterocycles. The van der Waals surface area contributed by atoms with E-state index < -0.39 is 0 Å². The van der Waals surface area contributed by atoms with Crippen LogP contribution >= 0.6 is 22.9 Å². The fraction of sp³-hybridized carbons (Fsp3) is 0.111. The Bertz CT molecular complexity index is 408. The van der Waals surface area contributed by atoms with Gasteiger partial charge in [0.15, 0.2) is 0 Å². The second-order valence-corrected chi connectivity index (χ2v) is 3.69. The van der Waals surface area contributed by atoms with Crippen LogP contribution in [0.2, 0.25) is 0 Å². The van der Waals surface area contributed by atoms with E-state index in [2.05, 4.69) is 0 Å². The van der Waals surface area contributed by atoms with Crippen molar-refractivity contribution in [3.05, 3.63) is 35.0 Å². The Morgan fingerprint density at radius 3 is 2.92 bits per heavy atom. The molecule has 0 saturated carbocycles. The van der Waals surface area contributed by atoms with Gasteiger partial charge in [-0.2, -0.15) is 0 Å². The van der Waals surface area contributed by atoms with Crippen molar-refractivity contribution in [1.82, 2.24) is 0 Å². The van der Waals surface area contributed by atoms with Crippen LogP contribution in [-0.2, 0) is 5.88 Å². The number of fused-ring (bicyclic) bond motifs is 1. The van der Waals surface area contributed by atoms with Crippen molar-refractivity contribution in [2.24, 2.45) is 0 Å². The van der Waals surface area contributed by atoms with Gasteiger partial charge in [-0.15, -0.1) is 22.9 Å². The Balaban J connectivity index is 2.82. The van der Waals surface area contributed by atoms with Gasteiger partial charge in [-0.25, -0.2) is 4.39 Å². The van der Waals surface area contributed by atoms with Crippen LogP contribution < -0.4 is 0 Å². The van der Waals surface area contributed by atoms with Crippen molar-refractivity contribution < 1.29 is 4.39 Å². The summed E-state index contributed by atoms with van der Waals surface area (Å²) in [6.45, 7) is 0. The Kier molecular flexibility index (Phi) is 2.03. The largest absolute Gasteiger partial charge is 0.205 e. The van der Waals surface area contributed by atoms with Gasteiger partial charge in [-0.05, 0) is 28.5 Å². The van der Waals surface area contributed by atoms with Crippen molar-refractivity contribution in [1.29, 1.82) is 0 Å². The van der Waals surface area contributed by atoms with Gasteiger partial charge in [-0.1, -0.05) is 6.07 Å². The average Bonchev–Trinajstić information content (AvgIpc) is 2.54. The van der Waals surface area contributed by atoms with Crippen LogP contribution in [0.15, 0.2) is 23.6 Å². The van der Waals surface area contributed by atoms with E-state index >= 15 is 0 Å². The lowest BCUT2D eigenvalue weighted by Crippen LogP contribution is -1.80. The first kappa shape index (κ1) is 8.02. The SMILES string of the molecule is Fc1ccc(CCl)c2ccsc12. The standard InChI is InChI=1S/C9H6ClFS/c10-5-6-1-2-8(11)9-7(6)3-4-12-9/h1-4H,5H2. The molecule has 2 aromatic rings. The number of alkyl halides is 1. The fourth-order valence-electron chi connectivity index (χ4n) is 1.20. The van der Waals surface area contributed by atoms with E-state index in [-0.39, 0.29) is 5.82 Å². The Morgan fingerprint density at radius 2 is 2.17 bits per heavy atom. The minimum atomic E-state index is -0.158. The number of hydrogen-bond donors (Lipinski definition) is 0. The maximum Gasteiger partial charge on any atom is 0.141 e. The summed E-state index contributed by atoms with van der Waals surface area (Å²) < 4.78 is 13.8. The van der Waals surface area contributed by atoms with E-state index in [1.54, 1.807) is 6.07 Å². The highest BCUT2D eigenvalue weighted by Crippen LogP contribution is 2.27. The highest BCUT2D eigenvalue weighted by molar-refractivity contribution is 7.17. The first-order valence-electron chi connectivity index (χ1n) is 3.53. The van der Waals surface area contributed by atoms with Crippen LogP contribution in [0.5, 0.6) is 0 Å². The zero-order valence-corrected chi connectivity index (χ0v) is 7.75. The molecule has 0 N–H and O–H groups in total. The lowest BCUT2D eigenvalue weighted by atomic mass is 10.1. The molecule has 0 amide bonds. The molecule has 0 aliphatic rings. The summed E-state index contributed by atoms with van der Waals surface area (Å²) in [6.07, 6.45) is 0. The van der Waals surface area contributed by atoms with Crippen LogP contribution in [0, 0.1) is 5.82 Å². The molecule has 2 rings (SSSR count). The molecular formula is C9H6ClFS. The summed E-state index contributed by atoms with van der Waals surface area (Å²) in [5.41, 5.74) is 0.995. The third-order valence-electron chi connectivity index (χ3n) is 1.80. The molecule has 0 fully saturated rings. The molecule has 12 heavy (non-hydrogen) atoms. The lowest BCUT2D eigenvalue weighted by Gasteiger charge is -1.97. The predicted molar refractivity (Wildman–Crippen MR) is 51.3 cm³/mol.